The predicted molar refractivity (Wildman–Crippen MR) is 43.1 cm³/mol. The third-order valence-electron chi connectivity index (χ3n) is 1.01. The molecule has 0 saturated heterocycles. The second-order valence-corrected chi connectivity index (χ2v) is 3.81. The van der Waals surface area contributed by atoms with Crippen LogP contribution in [0.5, 0.6) is 0 Å². The third-order valence-corrected chi connectivity index (χ3v) is 1.81. The summed E-state index contributed by atoms with van der Waals surface area (Å²) in [6.45, 7) is -1.69. The van der Waals surface area contributed by atoms with Crippen molar-refractivity contribution in [2.24, 2.45) is 0 Å². The van der Waals surface area contributed by atoms with Crippen molar-refractivity contribution < 1.29 is 26.1 Å². The maximum absolute atomic E-state index is 10.1. The lowest BCUT2D eigenvalue weighted by Crippen LogP contribution is -2.02. The summed E-state index contributed by atoms with van der Waals surface area (Å²) in [6, 6.07) is 0. The molecule has 0 atom stereocenters. The molecule has 82 valence electrons. The quantitative estimate of drug-likeness (QED) is 0.586. The molecule has 0 aromatic carbocycles. The van der Waals surface area contributed by atoms with Crippen LogP contribution in [-0.2, 0) is 10.1 Å². The highest BCUT2D eigenvalue weighted by atomic mass is 32.2. The van der Waals surface area contributed by atoms with E-state index >= 15 is 0 Å². The summed E-state index contributed by atoms with van der Waals surface area (Å²) < 4.78 is 57.3. The number of hydrogen-bond donors (Lipinski definition) is 1. The van der Waals surface area contributed by atoms with Gasteiger partial charge in [0.25, 0.3) is 10.1 Å². The zero-order valence-corrected chi connectivity index (χ0v) is 8.03. The molecule has 0 heterocycles. The van der Waals surface area contributed by atoms with E-state index in [1.807, 2.05) is 6.92 Å². The molecule has 3 nitrogen and oxygen atoms in total. The Balaban J connectivity index is 0. The Bertz CT molecular complexity index is 189. The van der Waals surface area contributed by atoms with Crippen LogP contribution < -0.4 is 0 Å². The minimum absolute atomic E-state index is 0.0964. The molecule has 13 heavy (non-hydrogen) atoms. The molecule has 0 aromatic heterocycles. The van der Waals surface area contributed by atoms with E-state index in [1.54, 1.807) is 0 Å². The molecule has 0 aromatic rings. The number of rotatable bonds is 4. The summed E-state index contributed by atoms with van der Waals surface area (Å²) in [5.74, 6) is -0.0964. The van der Waals surface area contributed by atoms with Crippen LogP contribution in [0.25, 0.3) is 0 Å². The lowest BCUT2D eigenvalue weighted by atomic mass is 10.3. The van der Waals surface area contributed by atoms with Crippen molar-refractivity contribution in [3.63, 3.8) is 0 Å². The molecule has 0 bridgehead atoms. The van der Waals surface area contributed by atoms with Crippen molar-refractivity contribution >= 4 is 10.1 Å². The van der Waals surface area contributed by atoms with Crippen LogP contribution >= 0.6 is 0 Å². The maximum Gasteiger partial charge on any atom is 0.379 e. The van der Waals surface area contributed by atoms with E-state index in [0.717, 1.165) is 12.8 Å². The molecule has 0 aliphatic heterocycles. The molecule has 7 heteroatoms. The largest absolute Gasteiger partial charge is 0.379 e. The number of halogens is 3. The molecule has 0 fully saturated rings. The van der Waals surface area contributed by atoms with E-state index < -0.39 is 16.8 Å². The summed E-state index contributed by atoms with van der Waals surface area (Å²) in [4.78, 5) is 0. The van der Waals surface area contributed by atoms with E-state index in [9.17, 15) is 21.6 Å². The van der Waals surface area contributed by atoms with Crippen LogP contribution in [0.15, 0.2) is 0 Å². The first-order valence-electron chi connectivity index (χ1n) is 3.67. The maximum atomic E-state index is 10.1. The average molecular weight is 222 g/mol. The number of hydrogen-bond acceptors (Lipinski definition) is 2. The van der Waals surface area contributed by atoms with Gasteiger partial charge in [-0.1, -0.05) is 19.8 Å². The van der Waals surface area contributed by atoms with Gasteiger partial charge in [0.1, 0.15) is 0 Å². The molecule has 0 aliphatic carbocycles. The van der Waals surface area contributed by atoms with E-state index in [1.165, 1.54) is 0 Å². The molecule has 0 amide bonds. The van der Waals surface area contributed by atoms with Gasteiger partial charge in [0.15, 0.2) is 0 Å². The van der Waals surface area contributed by atoms with Gasteiger partial charge in [-0.25, -0.2) is 0 Å². The summed E-state index contributed by atoms with van der Waals surface area (Å²) >= 11 is 0. The normalized spacial score (nSPS) is 10.9. The summed E-state index contributed by atoms with van der Waals surface area (Å²) in [7, 11) is -3.70. The number of unbranched alkanes of at least 4 members (excludes halogenated alkanes) is 2. The average Bonchev–Trinajstić information content (AvgIpc) is 1.83. The van der Waals surface area contributed by atoms with Crippen molar-refractivity contribution in [2.75, 3.05) is 5.75 Å². The second kappa shape index (κ2) is 8.31. The first-order chi connectivity index (χ1) is 5.79. The molecule has 0 unspecified atom stereocenters. The molecule has 0 aliphatic rings. The smallest absolute Gasteiger partial charge is 0.286 e. The van der Waals surface area contributed by atoms with Crippen LogP contribution in [0.2, 0.25) is 0 Å². The van der Waals surface area contributed by atoms with Crippen molar-refractivity contribution in [3.05, 3.63) is 0 Å². The second-order valence-electron chi connectivity index (χ2n) is 2.24. The molecule has 0 rings (SSSR count). The number of alkyl halides is 3. The van der Waals surface area contributed by atoms with Crippen molar-refractivity contribution in [2.45, 2.75) is 32.9 Å². The van der Waals surface area contributed by atoms with E-state index in [-0.39, 0.29) is 5.75 Å². The van der Waals surface area contributed by atoms with Crippen LogP contribution in [-0.4, -0.2) is 25.4 Å². The topological polar surface area (TPSA) is 54.4 Å². The molecule has 0 radical (unpaired) electrons. The Hall–Kier alpha value is -0.300. The van der Waals surface area contributed by atoms with Gasteiger partial charge < -0.3 is 0 Å². The van der Waals surface area contributed by atoms with Crippen LogP contribution in [0.4, 0.5) is 13.2 Å². The molecule has 0 saturated carbocycles. The van der Waals surface area contributed by atoms with Gasteiger partial charge in [0, 0.05) is 0 Å². The van der Waals surface area contributed by atoms with Crippen molar-refractivity contribution in [1.82, 2.24) is 0 Å². The minimum Gasteiger partial charge on any atom is -0.286 e. The Labute approximate surface area is 75.7 Å². The monoisotopic (exact) mass is 222 g/mol. The Morgan fingerprint density at radius 2 is 1.62 bits per heavy atom. The van der Waals surface area contributed by atoms with Crippen LogP contribution in [0, 0.1) is 0 Å². The highest BCUT2D eigenvalue weighted by Crippen LogP contribution is 1.96. The Morgan fingerprint density at radius 1 is 1.23 bits per heavy atom. The van der Waals surface area contributed by atoms with Crippen molar-refractivity contribution in [1.29, 1.82) is 0 Å². The SMILES string of the molecule is CCCCCS(=O)(=O)O.FC(F)F. The fourth-order valence-electron chi connectivity index (χ4n) is 0.534. The summed E-state index contributed by atoms with van der Waals surface area (Å²) in [6.07, 6.45) is 2.39. The molecule has 1 N–H and O–H groups in total. The summed E-state index contributed by atoms with van der Waals surface area (Å²) in [5, 5.41) is 0. The van der Waals surface area contributed by atoms with E-state index in [0.29, 0.717) is 6.42 Å². The fraction of sp³-hybridized carbons (Fsp3) is 1.00. The lowest BCUT2D eigenvalue weighted by molar-refractivity contribution is 0.00819. The van der Waals surface area contributed by atoms with Gasteiger partial charge in [-0.3, -0.25) is 4.55 Å². The van der Waals surface area contributed by atoms with E-state index in [4.69, 9.17) is 4.55 Å². The molecule has 0 spiro atoms. The third kappa shape index (κ3) is 33.9. The predicted octanol–water partition coefficient (Wildman–Crippen LogP) is 2.24. The van der Waals surface area contributed by atoms with Crippen molar-refractivity contribution in [3.8, 4) is 0 Å². The Morgan fingerprint density at radius 3 is 1.85 bits per heavy atom. The highest BCUT2D eigenvalue weighted by molar-refractivity contribution is 7.85. The van der Waals surface area contributed by atoms with Crippen LogP contribution in [0.3, 0.4) is 0 Å². The van der Waals surface area contributed by atoms with E-state index in [2.05, 4.69) is 0 Å². The highest BCUT2D eigenvalue weighted by Gasteiger charge is 2.01. The van der Waals surface area contributed by atoms with Gasteiger partial charge in [-0.15, -0.1) is 0 Å². The van der Waals surface area contributed by atoms with Gasteiger partial charge >= 0.3 is 6.68 Å². The van der Waals surface area contributed by atoms with Gasteiger partial charge in [0.05, 0.1) is 5.75 Å². The Kier molecular flexibility index (Phi) is 9.70. The first kappa shape index (κ1) is 15.2. The zero-order chi connectivity index (χ0) is 10.9. The minimum atomic E-state index is -3.70. The first-order valence-corrected chi connectivity index (χ1v) is 5.28. The molecular formula is C6H13F3O3S. The molecular weight excluding hydrogens is 209 g/mol. The fourth-order valence-corrected chi connectivity index (χ4v) is 1.10. The van der Waals surface area contributed by atoms with Gasteiger partial charge in [-0.05, 0) is 6.42 Å². The lowest BCUT2D eigenvalue weighted by Gasteiger charge is -1.92. The summed E-state index contributed by atoms with van der Waals surface area (Å²) in [5.41, 5.74) is 0. The van der Waals surface area contributed by atoms with Gasteiger partial charge in [0.2, 0.25) is 0 Å². The zero-order valence-electron chi connectivity index (χ0n) is 7.21. The standard InChI is InChI=1S/C5H12O3S.CHF3/c1-2-3-4-5-9(6,7)8;2-1(3)4/h2-5H2,1H3,(H,6,7,8);1H. The van der Waals surface area contributed by atoms with Gasteiger partial charge in [-0.2, -0.15) is 21.6 Å². The van der Waals surface area contributed by atoms with Crippen LogP contribution in [0.1, 0.15) is 26.2 Å².